The Morgan fingerprint density at radius 1 is 1.29 bits per heavy atom. The van der Waals surface area contributed by atoms with Crippen molar-refractivity contribution in [2.24, 2.45) is 0 Å². The number of benzene rings is 1. The molecule has 0 aliphatic carbocycles. The van der Waals surface area contributed by atoms with E-state index in [1.165, 1.54) is 24.4 Å². The molecular weight excluding hydrogens is 412 g/mol. The number of carboxylic acid groups (broad SMARTS) is 1. The zero-order valence-corrected chi connectivity index (χ0v) is 13.3. The second kappa shape index (κ2) is 6.19. The van der Waals surface area contributed by atoms with E-state index < -0.39 is 10.9 Å². The first-order chi connectivity index (χ1) is 9.90. The maximum Gasteiger partial charge on any atom is 0.335 e. The van der Waals surface area contributed by atoms with E-state index in [1.54, 1.807) is 0 Å². The van der Waals surface area contributed by atoms with Crippen molar-refractivity contribution in [3.05, 3.63) is 55.2 Å². The molecule has 108 valence electrons. The highest BCUT2D eigenvalue weighted by Crippen LogP contribution is 2.39. The van der Waals surface area contributed by atoms with E-state index in [1.807, 2.05) is 0 Å². The number of hydrogen-bond acceptors (Lipinski definition) is 5. The fourth-order valence-corrected chi connectivity index (χ4v) is 2.20. The minimum Gasteiger partial charge on any atom is -0.478 e. The molecule has 0 fully saturated rings. The molecule has 7 nitrogen and oxygen atoms in total. The summed E-state index contributed by atoms with van der Waals surface area (Å²) >= 11 is 6.33. The number of nitro groups is 1. The van der Waals surface area contributed by atoms with Crippen molar-refractivity contribution < 1.29 is 19.6 Å². The zero-order chi connectivity index (χ0) is 15.6. The molecule has 0 spiro atoms. The highest BCUT2D eigenvalue weighted by molar-refractivity contribution is 9.11. The Kier molecular flexibility index (Phi) is 4.53. The monoisotopic (exact) mass is 416 g/mol. The van der Waals surface area contributed by atoms with E-state index in [-0.39, 0.29) is 27.2 Å². The number of pyridine rings is 1. The van der Waals surface area contributed by atoms with E-state index in [2.05, 4.69) is 36.8 Å². The highest BCUT2D eigenvalue weighted by Gasteiger charge is 2.21. The third-order valence-corrected chi connectivity index (χ3v) is 3.64. The van der Waals surface area contributed by atoms with Crippen LogP contribution in [0.1, 0.15) is 10.4 Å². The van der Waals surface area contributed by atoms with Crippen molar-refractivity contribution in [1.29, 1.82) is 0 Å². The number of carboxylic acids is 1. The summed E-state index contributed by atoms with van der Waals surface area (Å²) in [7, 11) is 0. The topological polar surface area (TPSA) is 103 Å². The van der Waals surface area contributed by atoms with Gasteiger partial charge >= 0.3 is 11.7 Å². The van der Waals surface area contributed by atoms with Crippen molar-refractivity contribution in [3.8, 4) is 11.5 Å². The Bertz CT molecular complexity index is 736. The maximum atomic E-state index is 11.0. The molecular formula is C12H6Br2N2O5. The molecule has 2 aromatic rings. The fraction of sp³-hybridized carbons (Fsp3) is 0. The molecule has 0 aliphatic heterocycles. The van der Waals surface area contributed by atoms with Crippen LogP contribution in [0.25, 0.3) is 0 Å². The lowest BCUT2D eigenvalue weighted by molar-refractivity contribution is -0.386. The van der Waals surface area contributed by atoms with Crippen LogP contribution in [0.15, 0.2) is 39.5 Å². The predicted octanol–water partition coefficient (Wildman–Crippen LogP) is 4.01. The third-order valence-electron chi connectivity index (χ3n) is 2.42. The molecule has 0 amide bonds. The first-order valence-corrected chi connectivity index (χ1v) is 6.97. The van der Waals surface area contributed by atoms with Crippen LogP contribution in [0, 0.1) is 10.1 Å². The average Bonchev–Trinajstić information content (AvgIpc) is 2.42. The predicted molar refractivity (Wildman–Crippen MR) is 79.8 cm³/mol. The van der Waals surface area contributed by atoms with Gasteiger partial charge in [0.2, 0.25) is 5.75 Å². The summed E-state index contributed by atoms with van der Waals surface area (Å²) in [5.41, 5.74) is -0.335. The molecule has 0 bridgehead atoms. The van der Waals surface area contributed by atoms with Crippen LogP contribution < -0.4 is 4.74 Å². The Balaban J connectivity index is 2.50. The van der Waals surface area contributed by atoms with Crippen LogP contribution in [0.3, 0.4) is 0 Å². The first kappa shape index (κ1) is 15.4. The number of rotatable bonds is 4. The van der Waals surface area contributed by atoms with Gasteiger partial charge in [0.1, 0.15) is 11.9 Å². The van der Waals surface area contributed by atoms with Crippen molar-refractivity contribution >= 4 is 43.5 Å². The van der Waals surface area contributed by atoms with E-state index in [0.717, 1.165) is 6.20 Å². The van der Waals surface area contributed by atoms with Crippen LogP contribution in [0.2, 0.25) is 0 Å². The molecule has 0 aliphatic rings. The minimum atomic E-state index is -1.13. The van der Waals surface area contributed by atoms with Gasteiger partial charge in [-0.25, -0.2) is 4.79 Å². The lowest BCUT2D eigenvalue weighted by Gasteiger charge is -2.10. The van der Waals surface area contributed by atoms with Crippen molar-refractivity contribution in [1.82, 2.24) is 4.98 Å². The van der Waals surface area contributed by atoms with E-state index in [4.69, 9.17) is 9.84 Å². The number of aromatic nitrogens is 1. The molecule has 1 heterocycles. The van der Waals surface area contributed by atoms with E-state index in [0.29, 0.717) is 4.47 Å². The summed E-state index contributed by atoms with van der Waals surface area (Å²) in [5, 5.41) is 19.9. The van der Waals surface area contributed by atoms with Gasteiger partial charge in [-0.05, 0) is 50.1 Å². The van der Waals surface area contributed by atoms with Crippen LogP contribution in [-0.2, 0) is 0 Å². The molecule has 0 atom stereocenters. The Morgan fingerprint density at radius 3 is 2.62 bits per heavy atom. The highest BCUT2D eigenvalue weighted by atomic mass is 79.9. The van der Waals surface area contributed by atoms with Gasteiger partial charge in [-0.1, -0.05) is 0 Å². The Morgan fingerprint density at radius 2 is 2.00 bits per heavy atom. The molecule has 0 saturated carbocycles. The van der Waals surface area contributed by atoms with E-state index in [9.17, 15) is 14.9 Å². The van der Waals surface area contributed by atoms with Gasteiger partial charge in [-0.15, -0.1) is 0 Å². The summed E-state index contributed by atoms with van der Waals surface area (Å²) in [6.07, 6.45) is 2.40. The van der Waals surface area contributed by atoms with Gasteiger partial charge in [0.15, 0.2) is 0 Å². The molecule has 1 N–H and O–H groups in total. The Hall–Kier alpha value is -2.00. The summed E-state index contributed by atoms with van der Waals surface area (Å²) in [6, 6.07) is 4.14. The third kappa shape index (κ3) is 3.37. The second-order valence-corrected chi connectivity index (χ2v) is 5.49. The largest absolute Gasteiger partial charge is 0.478 e. The van der Waals surface area contributed by atoms with E-state index >= 15 is 0 Å². The number of carbonyl (C=O) groups is 1. The smallest absolute Gasteiger partial charge is 0.335 e. The van der Waals surface area contributed by atoms with Gasteiger partial charge in [-0.3, -0.25) is 15.1 Å². The molecule has 1 aromatic heterocycles. The summed E-state index contributed by atoms with van der Waals surface area (Å²) in [6.45, 7) is 0. The van der Waals surface area contributed by atoms with Gasteiger partial charge in [0, 0.05) is 6.20 Å². The quantitative estimate of drug-likeness (QED) is 0.595. The number of aromatic carboxylic acids is 1. The average molecular weight is 418 g/mol. The van der Waals surface area contributed by atoms with Crippen LogP contribution in [0.4, 0.5) is 5.69 Å². The summed E-state index contributed by atoms with van der Waals surface area (Å²) < 4.78 is 6.23. The van der Waals surface area contributed by atoms with Crippen molar-refractivity contribution in [2.45, 2.75) is 0 Å². The minimum absolute atomic E-state index is 0.000955. The lowest BCUT2D eigenvalue weighted by Crippen LogP contribution is -1.99. The number of halogens is 2. The second-order valence-electron chi connectivity index (χ2n) is 3.78. The van der Waals surface area contributed by atoms with Gasteiger partial charge in [0.05, 0.1) is 19.4 Å². The molecule has 21 heavy (non-hydrogen) atoms. The zero-order valence-electron chi connectivity index (χ0n) is 10.1. The number of nitrogens with zero attached hydrogens (tertiary/aromatic N) is 2. The first-order valence-electron chi connectivity index (χ1n) is 5.38. The van der Waals surface area contributed by atoms with Gasteiger partial charge in [0.25, 0.3) is 0 Å². The van der Waals surface area contributed by atoms with Gasteiger partial charge in [-0.2, -0.15) is 0 Å². The van der Waals surface area contributed by atoms with Crippen LogP contribution in [-0.4, -0.2) is 21.0 Å². The lowest BCUT2D eigenvalue weighted by atomic mass is 10.2. The molecule has 0 unspecified atom stereocenters. The summed E-state index contributed by atoms with van der Waals surface area (Å²) in [4.78, 5) is 25.0. The van der Waals surface area contributed by atoms with Crippen LogP contribution in [0.5, 0.6) is 11.5 Å². The summed E-state index contributed by atoms with van der Waals surface area (Å²) in [5.74, 6) is -1.04. The normalized spacial score (nSPS) is 10.2. The molecule has 1 aromatic carbocycles. The Labute approximate surface area is 135 Å². The molecule has 0 saturated heterocycles. The standard InChI is InChI=1S/C12H6Br2N2O5/c13-7-2-1-6(12(17)18)3-10(7)21-11-8(14)4-15-5-9(11)16(19)20/h1-5H,(H,17,18). The van der Waals surface area contributed by atoms with Crippen LogP contribution >= 0.6 is 31.9 Å². The molecule has 9 heteroatoms. The number of ether oxygens (including phenoxy) is 1. The van der Waals surface area contributed by atoms with Crippen molar-refractivity contribution in [2.75, 3.05) is 0 Å². The van der Waals surface area contributed by atoms with Crippen molar-refractivity contribution in [3.63, 3.8) is 0 Å². The SMILES string of the molecule is O=C(O)c1ccc(Br)c(Oc2c(Br)cncc2[N+](=O)[O-])c1. The molecule has 0 radical (unpaired) electrons. The number of hydrogen-bond donors (Lipinski definition) is 1. The molecule has 2 rings (SSSR count). The fourth-order valence-electron chi connectivity index (χ4n) is 1.47. The van der Waals surface area contributed by atoms with Gasteiger partial charge < -0.3 is 9.84 Å². The maximum absolute atomic E-state index is 11.0.